The normalized spacial score (nSPS) is 24.1. The molecule has 21 heavy (non-hydrogen) atoms. The highest BCUT2D eigenvalue weighted by molar-refractivity contribution is 5.99. The third-order valence-corrected chi connectivity index (χ3v) is 4.37. The van der Waals surface area contributed by atoms with E-state index in [2.05, 4.69) is 31.8 Å². The molecule has 1 aliphatic carbocycles. The fraction of sp³-hybridized carbons (Fsp3) is 0.474. The molecule has 0 N–H and O–H groups in total. The lowest BCUT2D eigenvalue weighted by Crippen LogP contribution is -1.98. The number of benzene rings is 1. The standard InChI is InChI=1S/C19H25NO/c1-14(2)8-7-11-19(4)12-16(19)13-20-18-10-6-5-9-17(18)15(3)21/h5-6,8-10,13,16H,7,11-12H2,1-4H3. The predicted molar refractivity (Wildman–Crippen MR) is 89.5 cm³/mol. The number of nitrogens with zero attached hydrogens (tertiary/aromatic N) is 1. The van der Waals surface area contributed by atoms with Crippen LogP contribution in [0.3, 0.4) is 0 Å². The first-order chi connectivity index (χ1) is 9.92. The molecule has 112 valence electrons. The highest BCUT2D eigenvalue weighted by Crippen LogP contribution is 2.54. The Morgan fingerprint density at radius 2 is 2.05 bits per heavy atom. The first kappa shape index (κ1) is 15.7. The third kappa shape index (κ3) is 4.13. The minimum absolute atomic E-state index is 0.0740. The van der Waals surface area contributed by atoms with Gasteiger partial charge in [-0.15, -0.1) is 0 Å². The zero-order chi connectivity index (χ0) is 15.5. The van der Waals surface area contributed by atoms with Crippen molar-refractivity contribution in [2.24, 2.45) is 16.3 Å². The van der Waals surface area contributed by atoms with E-state index in [1.54, 1.807) is 6.92 Å². The van der Waals surface area contributed by atoms with Crippen molar-refractivity contribution >= 4 is 17.7 Å². The molecule has 0 heterocycles. The predicted octanol–water partition coefficient (Wildman–Crippen LogP) is 5.36. The molecule has 2 unspecified atom stereocenters. The van der Waals surface area contributed by atoms with Crippen molar-refractivity contribution in [1.82, 2.24) is 0 Å². The molecule has 0 radical (unpaired) electrons. The van der Waals surface area contributed by atoms with Gasteiger partial charge in [-0.3, -0.25) is 9.79 Å². The summed E-state index contributed by atoms with van der Waals surface area (Å²) in [6.07, 6.45) is 7.92. The summed E-state index contributed by atoms with van der Waals surface area (Å²) in [6.45, 7) is 8.22. The molecule has 0 aromatic heterocycles. The van der Waals surface area contributed by atoms with Gasteiger partial charge in [0.1, 0.15) is 0 Å². The highest BCUT2D eigenvalue weighted by atomic mass is 16.1. The molecule has 2 heteroatoms. The van der Waals surface area contributed by atoms with Crippen molar-refractivity contribution in [3.63, 3.8) is 0 Å². The van der Waals surface area contributed by atoms with Gasteiger partial charge in [-0.1, -0.05) is 30.7 Å². The number of carbonyl (C=O) groups excluding carboxylic acids is 1. The number of aliphatic imine (C=N–C) groups is 1. The maximum atomic E-state index is 11.6. The maximum absolute atomic E-state index is 11.6. The SMILES string of the molecule is CC(=O)c1ccccc1N=CC1CC1(C)CCC=C(C)C. The van der Waals surface area contributed by atoms with Gasteiger partial charge in [-0.05, 0) is 57.6 Å². The fourth-order valence-electron chi connectivity index (χ4n) is 2.71. The lowest BCUT2D eigenvalue weighted by Gasteiger charge is -2.07. The number of rotatable bonds is 6. The van der Waals surface area contributed by atoms with Crippen molar-refractivity contribution in [3.05, 3.63) is 41.5 Å². The minimum Gasteiger partial charge on any atom is -0.294 e. The van der Waals surface area contributed by atoms with Gasteiger partial charge in [0.05, 0.1) is 5.69 Å². The second-order valence-electron chi connectivity index (χ2n) is 6.64. The summed E-state index contributed by atoms with van der Waals surface area (Å²) in [4.78, 5) is 16.1. The highest BCUT2D eigenvalue weighted by Gasteiger charge is 2.47. The van der Waals surface area contributed by atoms with E-state index in [4.69, 9.17) is 0 Å². The maximum Gasteiger partial charge on any atom is 0.161 e. The Bertz CT molecular complexity index is 581. The minimum atomic E-state index is 0.0740. The van der Waals surface area contributed by atoms with Crippen molar-refractivity contribution in [3.8, 4) is 0 Å². The van der Waals surface area contributed by atoms with Crippen molar-refractivity contribution in [1.29, 1.82) is 0 Å². The van der Waals surface area contributed by atoms with E-state index in [9.17, 15) is 4.79 Å². The molecule has 0 saturated heterocycles. The Balaban J connectivity index is 1.98. The number of Topliss-reactive ketones (excluding diaryl/α,β-unsaturated/α-hetero) is 1. The van der Waals surface area contributed by atoms with Crippen molar-refractivity contribution in [2.75, 3.05) is 0 Å². The van der Waals surface area contributed by atoms with E-state index in [1.165, 1.54) is 18.4 Å². The number of allylic oxidation sites excluding steroid dienone is 2. The van der Waals surface area contributed by atoms with Gasteiger partial charge in [0, 0.05) is 17.7 Å². The topological polar surface area (TPSA) is 29.4 Å². The summed E-state index contributed by atoms with van der Waals surface area (Å²) in [5.41, 5.74) is 3.28. The Kier molecular flexibility index (Phi) is 4.76. The van der Waals surface area contributed by atoms with Crippen LogP contribution < -0.4 is 0 Å². The summed E-state index contributed by atoms with van der Waals surface area (Å²) in [6, 6.07) is 7.57. The van der Waals surface area contributed by atoms with Crippen LogP contribution in [0.1, 0.15) is 57.3 Å². The molecule has 2 rings (SSSR count). The van der Waals surface area contributed by atoms with Crippen molar-refractivity contribution < 1.29 is 4.79 Å². The first-order valence-electron chi connectivity index (χ1n) is 7.70. The molecular formula is C19H25NO. The van der Waals surface area contributed by atoms with Gasteiger partial charge in [-0.2, -0.15) is 0 Å². The summed E-state index contributed by atoms with van der Waals surface area (Å²) in [7, 11) is 0. The first-order valence-corrected chi connectivity index (χ1v) is 7.70. The van der Waals surface area contributed by atoms with E-state index < -0.39 is 0 Å². The van der Waals surface area contributed by atoms with Gasteiger partial charge in [0.25, 0.3) is 0 Å². The molecule has 0 amide bonds. The van der Waals surface area contributed by atoms with E-state index in [1.807, 2.05) is 30.5 Å². The van der Waals surface area contributed by atoms with Crippen LogP contribution in [0, 0.1) is 11.3 Å². The largest absolute Gasteiger partial charge is 0.294 e. The number of ketones is 1. The molecule has 1 fully saturated rings. The van der Waals surface area contributed by atoms with Gasteiger partial charge >= 0.3 is 0 Å². The van der Waals surface area contributed by atoms with Crippen LogP contribution in [0.2, 0.25) is 0 Å². The van der Waals surface area contributed by atoms with Gasteiger partial charge in [0.15, 0.2) is 5.78 Å². The van der Waals surface area contributed by atoms with Crippen LogP contribution in [0.25, 0.3) is 0 Å². The van der Waals surface area contributed by atoms with Crippen LogP contribution in [0.15, 0.2) is 40.9 Å². The van der Waals surface area contributed by atoms with Crippen LogP contribution in [-0.4, -0.2) is 12.0 Å². The molecule has 1 aromatic carbocycles. The van der Waals surface area contributed by atoms with E-state index in [0.717, 1.165) is 12.1 Å². The van der Waals surface area contributed by atoms with Gasteiger partial charge in [0.2, 0.25) is 0 Å². The molecule has 2 nitrogen and oxygen atoms in total. The van der Waals surface area contributed by atoms with E-state index >= 15 is 0 Å². The summed E-state index contributed by atoms with van der Waals surface area (Å²) in [5.74, 6) is 0.618. The van der Waals surface area contributed by atoms with Crippen LogP contribution >= 0.6 is 0 Å². The fourth-order valence-corrected chi connectivity index (χ4v) is 2.71. The molecule has 0 aliphatic heterocycles. The Morgan fingerprint density at radius 1 is 1.33 bits per heavy atom. The second kappa shape index (κ2) is 6.38. The molecule has 2 atom stereocenters. The number of hydrogen-bond donors (Lipinski definition) is 0. The smallest absolute Gasteiger partial charge is 0.161 e. The van der Waals surface area contributed by atoms with Crippen LogP contribution in [-0.2, 0) is 0 Å². The lowest BCUT2D eigenvalue weighted by molar-refractivity contribution is 0.101. The van der Waals surface area contributed by atoms with Crippen molar-refractivity contribution in [2.45, 2.75) is 47.0 Å². The average Bonchev–Trinajstić information content (AvgIpc) is 3.07. The molecule has 1 saturated carbocycles. The third-order valence-electron chi connectivity index (χ3n) is 4.37. The van der Waals surface area contributed by atoms with E-state index in [0.29, 0.717) is 16.9 Å². The van der Waals surface area contributed by atoms with Crippen LogP contribution in [0.5, 0.6) is 0 Å². The summed E-state index contributed by atoms with van der Waals surface area (Å²) < 4.78 is 0. The monoisotopic (exact) mass is 283 g/mol. The molecule has 0 bridgehead atoms. The summed E-state index contributed by atoms with van der Waals surface area (Å²) in [5, 5.41) is 0. The van der Waals surface area contributed by atoms with E-state index in [-0.39, 0.29) is 5.78 Å². The zero-order valence-electron chi connectivity index (χ0n) is 13.5. The number of para-hydroxylation sites is 1. The molecule has 1 aliphatic rings. The molecular weight excluding hydrogens is 258 g/mol. The lowest BCUT2D eigenvalue weighted by atomic mass is 9.99. The molecule has 1 aromatic rings. The average molecular weight is 283 g/mol. The zero-order valence-corrected chi connectivity index (χ0v) is 13.5. The second-order valence-corrected chi connectivity index (χ2v) is 6.64. The van der Waals surface area contributed by atoms with Crippen LogP contribution in [0.4, 0.5) is 5.69 Å². The van der Waals surface area contributed by atoms with Gasteiger partial charge < -0.3 is 0 Å². The summed E-state index contributed by atoms with van der Waals surface area (Å²) >= 11 is 0. The Morgan fingerprint density at radius 3 is 2.71 bits per heavy atom. The quantitative estimate of drug-likeness (QED) is 0.392. The Labute approximate surface area is 128 Å². The van der Waals surface area contributed by atoms with Gasteiger partial charge in [-0.25, -0.2) is 0 Å². The number of carbonyl (C=O) groups is 1. The number of hydrogen-bond acceptors (Lipinski definition) is 2. The molecule has 0 spiro atoms. The Hall–Kier alpha value is -1.70.